The van der Waals surface area contributed by atoms with E-state index >= 15 is 0 Å². The topological polar surface area (TPSA) is 67.5 Å². The summed E-state index contributed by atoms with van der Waals surface area (Å²) in [5.74, 6) is 0. The minimum Gasteiger partial charge on any atom is -0.395 e. The van der Waals surface area contributed by atoms with Gasteiger partial charge < -0.3 is 20.9 Å². The second-order valence-electron chi connectivity index (χ2n) is 3.64. The molecule has 90 valence electrons. The highest BCUT2D eigenvalue weighted by Gasteiger charge is 2.07. The molecule has 0 aliphatic rings. The number of rotatable bonds is 7. The van der Waals surface area contributed by atoms with Crippen molar-refractivity contribution in [3.05, 3.63) is 35.4 Å². The average Bonchev–Trinajstić information content (AvgIpc) is 2.32. The van der Waals surface area contributed by atoms with Gasteiger partial charge in [0.15, 0.2) is 0 Å². The molecule has 4 nitrogen and oxygen atoms in total. The second-order valence-corrected chi connectivity index (χ2v) is 3.64. The molecule has 0 radical (unpaired) electrons. The third-order valence-corrected chi connectivity index (χ3v) is 2.43. The Kier molecular flexibility index (Phi) is 6.03. The number of aliphatic hydroxyl groups excluding tert-OH is 1. The lowest BCUT2D eigenvalue weighted by Gasteiger charge is -2.16. The maximum atomic E-state index is 8.75. The number of nitrogens with two attached hydrogens (primary N) is 1. The first-order chi connectivity index (χ1) is 7.81. The highest BCUT2D eigenvalue weighted by molar-refractivity contribution is 5.25. The van der Waals surface area contributed by atoms with E-state index in [4.69, 9.17) is 15.6 Å². The van der Waals surface area contributed by atoms with E-state index in [0.717, 1.165) is 11.1 Å². The van der Waals surface area contributed by atoms with E-state index in [9.17, 15) is 0 Å². The van der Waals surface area contributed by atoms with Crippen LogP contribution in [-0.4, -0.2) is 31.9 Å². The smallest absolute Gasteiger partial charge is 0.0713 e. The summed E-state index contributed by atoms with van der Waals surface area (Å²) in [5.41, 5.74) is 7.95. The van der Waals surface area contributed by atoms with Gasteiger partial charge in [-0.2, -0.15) is 0 Å². The summed E-state index contributed by atoms with van der Waals surface area (Å²) in [6.07, 6.45) is 0. The second kappa shape index (κ2) is 7.35. The molecule has 1 atom stereocenters. The highest BCUT2D eigenvalue weighted by Crippen LogP contribution is 2.13. The lowest BCUT2D eigenvalue weighted by Crippen LogP contribution is -2.30. The van der Waals surface area contributed by atoms with Gasteiger partial charge in [0, 0.05) is 26.2 Å². The van der Waals surface area contributed by atoms with Crippen molar-refractivity contribution in [3.63, 3.8) is 0 Å². The van der Waals surface area contributed by atoms with Gasteiger partial charge in [-0.15, -0.1) is 0 Å². The Balaban J connectivity index is 2.62. The molecular weight excluding hydrogens is 204 g/mol. The van der Waals surface area contributed by atoms with Crippen LogP contribution in [0.4, 0.5) is 0 Å². The van der Waals surface area contributed by atoms with E-state index < -0.39 is 0 Å². The Labute approximate surface area is 96.4 Å². The van der Waals surface area contributed by atoms with Crippen molar-refractivity contribution in [1.29, 1.82) is 0 Å². The first-order valence-corrected chi connectivity index (χ1v) is 5.44. The largest absolute Gasteiger partial charge is 0.395 e. The summed E-state index contributed by atoms with van der Waals surface area (Å²) in [7, 11) is 1.68. The normalized spacial score (nSPS) is 12.7. The zero-order valence-electron chi connectivity index (χ0n) is 9.65. The fraction of sp³-hybridized carbons (Fsp3) is 0.500. The van der Waals surface area contributed by atoms with Gasteiger partial charge in [-0.25, -0.2) is 0 Å². The van der Waals surface area contributed by atoms with Crippen LogP contribution in [0.5, 0.6) is 0 Å². The van der Waals surface area contributed by atoms with E-state index in [2.05, 4.69) is 5.32 Å². The molecule has 4 heteroatoms. The summed E-state index contributed by atoms with van der Waals surface area (Å²) < 4.78 is 5.05. The van der Waals surface area contributed by atoms with Crippen molar-refractivity contribution in [2.45, 2.75) is 12.6 Å². The van der Waals surface area contributed by atoms with Gasteiger partial charge in [0.1, 0.15) is 0 Å². The summed E-state index contributed by atoms with van der Waals surface area (Å²) >= 11 is 0. The van der Waals surface area contributed by atoms with E-state index in [1.54, 1.807) is 7.11 Å². The lowest BCUT2D eigenvalue weighted by molar-refractivity contribution is 0.185. The fourth-order valence-corrected chi connectivity index (χ4v) is 1.59. The summed E-state index contributed by atoms with van der Waals surface area (Å²) in [5, 5.41) is 11.9. The molecule has 1 aromatic rings. The van der Waals surface area contributed by atoms with Crippen molar-refractivity contribution in [2.75, 3.05) is 26.8 Å². The quantitative estimate of drug-likeness (QED) is 0.628. The molecule has 16 heavy (non-hydrogen) atoms. The Bertz CT molecular complexity index is 288. The summed E-state index contributed by atoms with van der Waals surface area (Å²) in [4.78, 5) is 0. The zero-order valence-corrected chi connectivity index (χ0v) is 9.65. The zero-order chi connectivity index (χ0) is 11.8. The number of ether oxygens (including phenoxy) is 1. The number of benzene rings is 1. The van der Waals surface area contributed by atoms with Crippen molar-refractivity contribution < 1.29 is 9.84 Å². The molecule has 0 saturated carbocycles. The third-order valence-electron chi connectivity index (χ3n) is 2.43. The van der Waals surface area contributed by atoms with Crippen LogP contribution >= 0.6 is 0 Å². The molecule has 0 heterocycles. The van der Waals surface area contributed by atoms with Crippen LogP contribution in [0.2, 0.25) is 0 Å². The molecule has 0 amide bonds. The number of hydrogen-bond donors (Lipinski definition) is 3. The molecule has 1 rings (SSSR count). The van der Waals surface area contributed by atoms with Gasteiger partial charge in [-0.1, -0.05) is 24.3 Å². The Morgan fingerprint density at radius 3 is 2.56 bits per heavy atom. The maximum Gasteiger partial charge on any atom is 0.0713 e. The molecule has 0 spiro atoms. The Hall–Kier alpha value is -0.940. The van der Waals surface area contributed by atoms with E-state index in [0.29, 0.717) is 19.7 Å². The van der Waals surface area contributed by atoms with Crippen LogP contribution in [0.1, 0.15) is 17.2 Å². The van der Waals surface area contributed by atoms with Crippen molar-refractivity contribution in [1.82, 2.24) is 5.32 Å². The molecule has 1 aromatic carbocycles. The Morgan fingerprint density at radius 1 is 1.38 bits per heavy atom. The van der Waals surface area contributed by atoms with Crippen LogP contribution in [0, 0.1) is 0 Å². The predicted molar refractivity (Wildman–Crippen MR) is 64.0 cm³/mol. The SMILES string of the molecule is COCc1ccc(C(CN)NCCO)cc1. The molecular formula is C12H20N2O2. The molecule has 4 N–H and O–H groups in total. The predicted octanol–water partition coefficient (Wildman–Crippen LogP) is 0.415. The van der Waals surface area contributed by atoms with Crippen LogP contribution < -0.4 is 11.1 Å². The van der Waals surface area contributed by atoms with Crippen LogP contribution in [0.3, 0.4) is 0 Å². The maximum absolute atomic E-state index is 8.75. The number of aliphatic hydroxyl groups is 1. The van der Waals surface area contributed by atoms with Gasteiger partial charge in [0.25, 0.3) is 0 Å². The van der Waals surface area contributed by atoms with E-state index in [1.165, 1.54) is 0 Å². The van der Waals surface area contributed by atoms with Crippen molar-refractivity contribution in [2.24, 2.45) is 5.73 Å². The molecule has 0 fully saturated rings. The molecule has 0 aliphatic heterocycles. The molecule has 1 unspecified atom stereocenters. The van der Waals surface area contributed by atoms with E-state index in [-0.39, 0.29) is 12.6 Å². The first-order valence-electron chi connectivity index (χ1n) is 5.44. The third kappa shape index (κ3) is 3.90. The number of nitrogens with one attached hydrogen (secondary N) is 1. The van der Waals surface area contributed by atoms with Gasteiger partial charge >= 0.3 is 0 Å². The Morgan fingerprint density at radius 2 is 2.06 bits per heavy atom. The summed E-state index contributed by atoms with van der Waals surface area (Å²) in [6, 6.07) is 8.24. The fourth-order valence-electron chi connectivity index (χ4n) is 1.59. The van der Waals surface area contributed by atoms with Crippen LogP contribution in [-0.2, 0) is 11.3 Å². The van der Waals surface area contributed by atoms with Crippen LogP contribution in [0.25, 0.3) is 0 Å². The lowest BCUT2D eigenvalue weighted by atomic mass is 10.1. The molecule has 0 saturated heterocycles. The minimum absolute atomic E-state index is 0.101. The molecule has 0 aromatic heterocycles. The summed E-state index contributed by atoms with van der Waals surface area (Å²) in [6.45, 7) is 1.82. The van der Waals surface area contributed by atoms with Gasteiger partial charge in [0.05, 0.1) is 13.2 Å². The van der Waals surface area contributed by atoms with Gasteiger partial charge in [-0.3, -0.25) is 0 Å². The standard InChI is InChI=1S/C12H20N2O2/c1-16-9-10-2-4-11(5-3-10)12(8-13)14-6-7-15/h2-5,12,14-15H,6-9,13H2,1H3. The highest BCUT2D eigenvalue weighted by atomic mass is 16.5. The van der Waals surface area contributed by atoms with E-state index in [1.807, 2.05) is 24.3 Å². The number of hydrogen-bond acceptors (Lipinski definition) is 4. The molecule has 0 bridgehead atoms. The monoisotopic (exact) mass is 224 g/mol. The average molecular weight is 224 g/mol. The van der Waals surface area contributed by atoms with Crippen LogP contribution in [0.15, 0.2) is 24.3 Å². The number of methoxy groups -OCH3 is 1. The van der Waals surface area contributed by atoms with Crippen molar-refractivity contribution >= 4 is 0 Å². The van der Waals surface area contributed by atoms with Crippen molar-refractivity contribution in [3.8, 4) is 0 Å². The first kappa shape index (κ1) is 13.1. The minimum atomic E-state index is 0.101. The molecule has 0 aliphatic carbocycles. The van der Waals surface area contributed by atoms with Gasteiger partial charge in [0.2, 0.25) is 0 Å². The van der Waals surface area contributed by atoms with Gasteiger partial charge in [-0.05, 0) is 11.1 Å².